The maximum absolute atomic E-state index is 10.5. The van der Waals surface area contributed by atoms with Crippen molar-refractivity contribution >= 4 is 5.97 Å². The molecule has 0 amide bonds. The first-order chi connectivity index (χ1) is 6.68. The molecular formula is C7H10N4O3. The second kappa shape index (κ2) is 3.35. The number of hydrogen-bond acceptors (Lipinski definition) is 5. The number of nitrogens with two attached hydrogens (primary N) is 1. The molecule has 0 aromatic carbocycles. The largest absolute Gasteiger partial charge is 0.476 e. The molecule has 1 aliphatic rings. The number of aromatic carboxylic acids is 1. The zero-order valence-corrected chi connectivity index (χ0v) is 7.33. The van der Waals surface area contributed by atoms with Gasteiger partial charge in [0.25, 0.3) is 0 Å². The number of nitrogens with zero attached hydrogens (tertiary/aromatic N) is 3. The fourth-order valence-corrected chi connectivity index (χ4v) is 1.37. The molecule has 1 aromatic rings. The van der Waals surface area contributed by atoms with E-state index in [1.807, 2.05) is 0 Å². The lowest BCUT2D eigenvalue weighted by Gasteiger charge is -2.11. The van der Waals surface area contributed by atoms with Gasteiger partial charge in [0, 0.05) is 0 Å². The van der Waals surface area contributed by atoms with Gasteiger partial charge in [-0.2, -0.15) is 0 Å². The highest BCUT2D eigenvalue weighted by Gasteiger charge is 2.28. The minimum atomic E-state index is -1.09. The molecule has 1 aromatic heterocycles. The van der Waals surface area contributed by atoms with Crippen molar-refractivity contribution in [3.63, 3.8) is 0 Å². The van der Waals surface area contributed by atoms with Crippen molar-refractivity contribution in [2.45, 2.75) is 12.1 Å². The number of ether oxygens (including phenoxy) is 1. The van der Waals surface area contributed by atoms with Crippen LogP contribution in [-0.2, 0) is 4.74 Å². The van der Waals surface area contributed by atoms with Crippen LogP contribution in [0.25, 0.3) is 0 Å². The van der Waals surface area contributed by atoms with E-state index in [9.17, 15) is 4.79 Å². The first-order valence-corrected chi connectivity index (χ1v) is 4.17. The van der Waals surface area contributed by atoms with Crippen LogP contribution in [-0.4, -0.2) is 45.3 Å². The quantitative estimate of drug-likeness (QED) is 0.623. The summed E-state index contributed by atoms with van der Waals surface area (Å²) in [6, 6.07) is -0.269. The molecule has 2 atom stereocenters. The molecule has 1 aliphatic heterocycles. The second-order valence-corrected chi connectivity index (χ2v) is 3.16. The summed E-state index contributed by atoms with van der Waals surface area (Å²) in [6.07, 6.45) is 1.36. The molecule has 14 heavy (non-hydrogen) atoms. The average Bonchev–Trinajstić information content (AvgIpc) is 2.71. The Balaban J connectivity index is 2.20. The summed E-state index contributed by atoms with van der Waals surface area (Å²) >= 11 is 0. The van der Waals surface area contributed by atoms with E-state index in [2.05, 4.69) is 10.3 Å². The van der Waals surface area contributed by atoms with Crippen LogP contribution in [0.4, 0.5) is 0 Å². The molecule has 0 saturated carbocycles. The third kappa shape index (κ3) is 1.47. The SMILES string of the molecule is N[C@H]1COC[C@H]1n1cc(C(=O)O)nn1. The van der Waals surface area contributed by atoms with Gasteiger partial charge in [-0.15, -0.1) is 5.10 Å². The molecule has 0 unspecified atom stereocenters. The van der Waals surface area contributed by atoms with E-state index in [0.717, 1.165) is 0 Å². The fourth-order valence-electron chi connectivity index (χ4n) is 1.37. The number of carboxylic acids is 1. The van der Waals surface area contributed by atoms with E-state index in [4.69, 9.17) is 15.6 Å². The smallest absolute Gasteiger partial charge is 0.358 e. The van der Waals surface area contributed by atoms with Crippen LogP contribution in [0.15, 0.2) is 6.20 Å². The maximum atomic E-state index is 10.5. The summed E-state index contributed by atoms with van der Waals surface area (Å²) < 4.78 is 6.58. The monoisotopic (exact) mass is 198 g/mol. The Morgan fingerprint density at radius 2 is 2.50 bits per heavy atom. The van der Waals surface area contributed by atoms with Gasteiger partial charge in [0.15, 0.2) is 5.69 Å². The molecule has 2 heterocycles. The van der Waals surface area contributed by atoms with Gasteiger partial charge in [-0.05, 0) is 0 Å². The van der Waals surface area contributed by atoms with Gasteiger partial charge >= 0.3 is 5.97 Å². The molecule has 76 valence electrons. The Morgan fingerprint density at radius 3 is 3.00 bits per heavy atom. The molecule has 7 heteroatoms. The van der Waals surface area contributed by atoms with Gasteiger partial charge in [0.1, 0.15) is 0 Å². The van der Waals surface area contributed by atoms with Gasteiger partial charge in [0.05, 0.1) is 31.5 Å². The third-order valence-electron chi connectivity index (χ3n) is 2.16. The molecule has 2 rings (SSSR count). The lowest BCUT2D eigenvalue weighted by Crippen LogP contribution is -2.31. The zero-order chi connectivity index (χ0) is 10.1. The highest BCUT2D eigenvalue weighted by Crippen LogP contribution is 2.16. The Kier molecular flexibility index (Phi) is 2.18. The molecular weight excluding hydrogens is 188 g/mol. The van der Waals surface area contributed by atoms with Crippen molar-refractivity contribution in [1.29, 1.82) is 0 Å². The van der Waals surface area contributed by atoms with Gasteiger partial charge in [0.2, 0.25) is 0 Å². The van der Waals surface area contributed by atoms with Crippen LogP contribution in [0, 0.1) is 0 Å². The van der Waals surface area contributed by atoms with Crippen LogP contribution in [0.3, 0.4) is 0 Å². The minimum Gasteiger partial charge on any atom is -0.476 e. The minimum absolute atomic E-state index is 0.0795. The number of carboxylic acid groups (broad SMARTS) is 1. The predicted octanol–water partition coefficient (Wildman–Crippen LogP) is -1.13. The number of rotatable bonds is 2. The van der Waals surface area contributed by atoms with Gasteiger partial charge in [-0.25, -0.2) is 9.48 Å². The van der Waals surface area contributed by atoms with Gasteiger partial charge in [-0.3, -0.25) is 0 Å². The van der Waals surface area contributed by atoms with E-state index in [1.54, 1.807) is 0 Å². The zero-order valence-electron chi connectivity index (χ0n) is 7.33. The van der Waals surface area contributed by atoms with Crippen LogP contribution < -0.4 is 5.73 Å². The highest BCUT2D eigenvalue weighted by molar-refractivity contribution is 5.84. The van der Waals surface area contributed by atoms with Crippen molar-refractivity contribution < 1.29 is 14.6 Å². The summed E-state index contributed by atoms with van der Waals surface area (Å²) in [5.41, 5.74) is 5.66. The summed E-state index contributed by atoms with van der Waals surface area (Å²) in [7, 11) is 0. The van der Waals surface area contributed by atoms with E-state index >= 15 is 0 Å². The predicted molar refractivity (Wildman–Crippen MR) is 44.8 cm³/mol. The molecule has 1 saturated heterocycles. The molecule has 0 radical (unpaired) electrons. The first-order valence-electron chi connectivity index (χ1n) is 4.17. The van der Waals surface area contributed by atoms with E-state index in [0.29, 0.717) is 13.2 Å². The van der Waals surface area contributed by atoms with Gasteiger partial charge in [-0.1, -0.05) is 5.21 Å². The summed E-state index contributed by atoms with van der Waals surface area (Å²) in [5, 5.41) is 15.8. The third-order valence-corrected chi connectivity index (χ3v) is 2.16. The molecule has 7 nitrogen and oxygen atoms in total. The topological polar surface area (TPSA) is 103 Å². The Morgan fingerprint density at radius 1 is 1.71 bits per heavy atom. The molecule has 0 aliphatic carbocycles. The van der Waals surface area contributed by atoms with Crippen molar-refractivity contribution in [3.8, 4) is 0 Å². The van der Waals surface area contributed by atoms with Crippen molar-refractivity contribution in [3.05, 3.63) is 11.9 Å². The standard InChI is InChI=1S/C7H10N4O3/c8-4-2-14-3-6(4)11-1-5(7(12)13)9-10-11/h1,4,6H,2-3,8H2,(H,12,13)/t4-,6+/m0/s1. The second-order valence-electron chi connectivity index (χ2n) is 3.16. The Hall–Kier alpha value is -1.47. The van der Waals surface area contributed by atoms with E-state index in [-0.39, 0.29) is 17.8 Å². The summed E-state index contributed by atoms with van der Waals surface area (Å²) in [6.45, 7) is 0.913. The van der Waals surface area contributed by atoms with Crippen LogP contribution in [0.1, 0.15) is 16.5 Å². The normalized spacial score (nSPS) is 26.6. The van der Waals surface area contributed by atoms with Crippen molar-refractivity contribution in [1.82, 2.24) is 15.0 Å². The molecule has 0 bridgehead atoms. The average molecular weight is 198 g/mol. The lowest BCUT2D eigenvalue weighted by atomic mass is 10.2. The van der Waals surface area contributed by atoms with Crippen LogP contribution >= 0.6 is 0 Å². The van der Waals surface area contributed by atoms with Crippen molar-refractivity contribution in [2.24, 2.45) is 5.73 Å². The molecule has 3 N–H and O–H groups in total. The Labute approximate surface area is 79.5 Å². The summed E-state index contributed by atoms with van der Waals surface area (Å²) in [5.74, 6) is -1.09. The van der Waals surface area contributed by atoms with Crippen molar-refractivity contribution in [2.75, 3.05) is 13.2 Å². The number of carbonyl (C=O) groups is 1. The van der Waals surface area contributed by atoms with Crippen LogP contribution in [0.2, 0.25) is 0 Å². The number of aromatic nitrogens is 3. The highest BCUT2D eigenvalue weighted by atomic mass is 16.5. The summed E-state index contributed by atoms with van der Waals surface area (Å²) in [4.78, 5) is 10.5. The molecule has 0 spiro atoms. The first kappa shape index (κ1) is 9.10. The van der Waals surface area contributed by atoms with Gasteiger partial charge < -0.3 is 15.6 Å². The van der Waals surface area contributed by atoms with E-state index < -0.39 is 5.97 Å². The Bertz CT molecular complexity index is 350. The van der Waals surface area contributed by atoms with Crippen LogP contribution in [0.5, 0.6) is 0 Å². The molecule has 1 fully saturated rings. The lowest BCUT2D eigenvalue weighted by molar-refractivity contribution is 0.0690. The number of hydrogen-bond donors (Lipinski definition) is 2. The van der Waals surface area contributed by atoms with E-state index in [1.165, 1.54) is 10.9 Å². The fraction of sp³-hybridized carbons (Fsp3) is 0.571. The maximum Gasteiger partial charge on any atom is 0.358 e.